The molecule has 0 saturated carbocycles. The molecule has 0 radical (unpaired) electrons. The summed E-state index contributed by atoms with van der Waals surface area (Å²) in [6.45, 7) is 6.74. The minimum atomic E-state index is 0.340. The molecule has 0 aromatic heterocycles. The Morgan fingerprint density at radius 3 is 2.15 bits per heavy atom. The highest BCUT2D eigenvalue weighted by atomic mass is 31.0. The lowest BCUT2D eigenvalue weighted by Crippen LogP contribution is -2.11. The van der Waals surface area contributed by atoms with Crippen molar-refractivity contribution in [1.82, 2.24) is 0 Å². The third kappa shape index (κ3) is 3.74. The van der Waals surface area contributed by atoms with E-state index in [-0.39, 0.29) is 0 Å². The molecule has 0 saturated heterocycles. The summed E-state index contributed by atoms with van der Waals surface area (Å²) in [6.07, 6.45) is 1.08. The zero-order chi connectivity index (χ0) is 9.90. The summed E-state index contributed by atoms with van der Waals surface area (Å²) in [5.74, 6) is 0. The molecule has 0 aliphatic carbocycles. The first-order chi connectivity index (χ1) is 5.99. The molecule has 0 spiro atoms. The zero-order valence-corrected chi connectivity index (χ0v) is 9.59. The molecule has 1 heteroatoms. The molecule has 0 nitrogen and oxygen atoms in total. The van der Waals surface area contributed by atoms with Gasteiger partial charge in [-0.15, -0.1) is 8.86 Å². The highest BCUT2D eigenvalue weighted by Gasteiger charge is 2.12. The van der Waals surface area contributed by atoms with E-state index in [4.69, 9.17) is 0 Å². The summed E-state index contributed by atoms with van der Waals surface area (Å²) in [5.41, 5.74) is 1.63. The summed E-state index contributed by atoms with van der Waals surface area (Å²) >= 11 is 0. The van der Waals surface area contributed by atoms with E-state index in [1.165, 1.54) is 10.9 Å². The number of hydrogen-bond acceptors (Lipinski definition) is 0. The summed E-state index contributed by atoms with van der Waals surface area (Å²) in [6, 6.07) is 10.4. The Kier molecular flexibility index (Phi) is 3.27. The third-order valence-electron chi connectivity index (χ3n) is 1.83. The largest absolute Gasteiger partial charge is 0.118 e. The second-order valence-corrected chi connectivity index (χ2v) is 5.19. The van der Waals surface area contributed by atoms with Crippen LogP contribution in [0.15, 0.2) is 30.3 Å². The van der Waals surface area contributed by atoms with Crippen molar-refractivity contribution in [3.8, 4) is 0 Å². The van der Waals surface area contributed by atoms with Crippen LogP contribution in [0.4, 0.5) is 0 Å². The van der Waals surface area contributed by atoms with Gasteiger partial charge in [-0.25, -0.2) is 0 Å². The standard InChI is InChI=1S/C12H17P/c1-12(2,3)9-11(13)10-7-5-4-6-8-10/h4-8,13H,9H2,1-3H3. The van der Waals surface area contributed by atoms with Gasteiger partial charge in [0, 0.05) is 0 Å². The lowest BCUT2D eigenvalue weighted by Gasteiger charge is -2.19. The van der Waals surface area contributed by atoms with Crippen LogP contribution in [-0.2, 0) is 0 Å². The highest BCUT2D eigenvalue weighted by molar-refractivity contribution is 7.22. The van der Waals surface area contributed by atoms with Crippen LogP contribution in [0, 0.1) is 5.41 Å². The maximum absolute atomic E-state index is 3.69. The summed E-state index contributed by atoms with van der Waals surface area (Å²) in [4.78, 5) is 0. The van der Waals surface area contributed by atoms with Crippen LogP contribution in [0.2, 0.25) is 0 Å². The van der Waals surface area contributed by atoms with Gasteiger partial charge in [0.1, 0.15) is 0 Å². The molecule has 0 aliphatic heterocycles. The fourth-order valence-electron chi connectivity index (χ4n) is 1.27. The van der Waals surface area contributed by atoms with Gasteiger partial charge >= 0.3 is 0 Å². The van der Waals surface area contributed by atoms with E-state index in [1.807, 2.05) is 6.07 Å². The van der Waals surface area contributed by atoms with Gasteiger partial charge in [-0.3, -0.25) is 0 Å². The van der Waals surface area contributed by atoms with E-state index in [0.717, 1.165) is 6.42 Å². The first-order valence-corrected chi connectivity index (χ1v) is 5.12. The lowest BCUT2D eigenvalue weighted by molar-refractivity contribution is 0.436. The smallest absolute Gasteiger partial charge is 0.0184 e. The van der Waals surface area contributed by atoms with Crippen molar-refractivity contribution < 1.29 is 0 Å². The second kappa shape index (κ2) is 4.07. The topological polar surface area (TPSA) is 0 Å². The predicted octanol–water partition coefficient (Wildman–Crippen LogP) is 3.79. The van der Waals surface area contributed by atoms with E-state index in [1.54, 1.807) is 0 Å². The maximum atomic E-state index is 3.69. The van der Waals surface area contributed by atoms with Gasteiger partial charge < -0.3 is 0 Å². The van der Waals surface area contributed by atoms with E-state index < -0.39 is 0 Å². The SMILES string of the molecule is CC(C)(C)CC(=P)c1ccccc1. The fourth-order valence-corrected chi connectivity index (χ4v) is 1.97. The Bertz CT molecular complexity index is 280. The second-order valence-electron chi connectivity index (χ2n) is 4.58. The van der Waals surface area contributed by atoms with Gasteiger partial charge in [-0.2, -0.15) is 0 Å². The van der Waals surface area contributed by atoms with Gasteiger partial charge in [0.05, 0.1) is 0 Å². The van der Waals surface area contributed by atoms with Gasteiger partial charge in [0.2, 0.25) is 0 Å². The quantitative estimate of drug-likeness (QED) is 0.625. The van der Waals surface area contributed by atoms with Crippen LogP contribution in [0.3, 0.4) is 0 Å². The molecule has 0 atom stereocenters. The minimum absolute atomic E-state index is 0.340. The molecule has 0 heterocycles. The summed E-state index contributed by atoms with van der Waals surface area (Å²) in [7, 11) is 3.69. The van der Waals surface area contributed by atoms with Crippen LogP contribution < -0.4 is 0 Å². The molecular formula is C12H17P. The minimum Gasteiger partial charge on any atom is -0.118 e. The first kappa shape index (κ1) is 10.5. The molecule has 0 fully saturated rings. The molecular weight excluding hydrogens is 175 g/mol. The molecule has 0 amide bonds. The summed E-state index contributed by atoms with van der Waals surface area (Å²) in [5, 5.41) is 1.29. The van der Waals surface area contributed by atoms with Gasteiger partial charge in [0.25, 0.3) is 0 Å². The Hall–Kier alpha value is -0.610. The van der Waals surface area contributed by atoms with Crippen LogP contribution in [0.5, 0.6) is 0 Å². The van der Waals surface area contributed by atoms with Crippen LogP contribution in [-0.4, -0.2) is 5.29 Å². The van der Waals surface area contributed by atoms with Crippen molar-refractivity contribution in [1.29, 1.82) is 0 Å². The molecule has 0 unspecified atom stereocenters. The van der Waals surface area contributed by atoms with E-state index in [9.17, 15) is 0 Å². The first-order valence-electron chi connectivity index (χ1n) is 4.62. The molecule has 0 aliphatic rings. The molecule has 70 valence electrons. The highest BCUT2D eigenvalue weighted by Crippen LogP contribution is 2.22. The van der Waals surface area contributed by atoms with Gasteiger partial charge in [0.15, 0.2) is 0 Å². The van der Waals surface area contributed by atoms with Crippen LogP contribution >= 0.6 is 8.86 Å². The Morgan fingerprint density at radius 1 is 1.15 bits per heavy atom. The Labute approximate surface area is 83.2 Å². The average molecular weight is 192 g/mol. The predicted molar refractivity (Wildman–Crippen MR) is 62.9 cm³/mol. The van der Waals surface area contributed by atoms with Crippen molar-refractivity contribution in [2.24, 2.45) is 5.41 Å². The monoisotopic (exact) mass is 192 g/mol. The van der Waals surface area contributed by atoms with Crippen molar-refractivity contribution in [2.75, 3.05) is 0 Å². The van der Waals surface area contributed by atoms with Crippen LogP contribution in [0.25, 0.3) is 0 Å². The van der Waals surface area contributed by atoms with E-state index in [0.29, 0.717) is 5.41 Å². The van der Waals surface area contributed by atoms with Crippen molar-refractivity contribution in [3.63, 3.8) is 0 Å². The molecule has 1 rings (SSSR count). The molecule has 0 N–H and O–H groups in total. The molecule has 1 aromatic rings. The molecule has 13 heavy (non-hydrogen) atoms. The fraction of sp³-hybridized carbons (Fsp3) is 0.417. The van der Waals surface area contributed by atoms with Crippen molar-refractivity contribution >= 4 is 14.2 Å². The van der Waals surface area contributed by atoms with Crippen LogP contribution in [0.1, 0.15) is 32.8 Å². The lowest BCUT2D eigenvalue weighted by atomic mass is 9.88. The van der Waals surface area contributed by atoms with Gasteiger partial charge in [-0.05, 0) is 22.7 Å². The number of hydrogen-bond donors (Lipinski definition) is 0. The van der Waals surface area contributed by atoms with E-state index in [2.05, 4.69) is 53.9 Å². The molecule has 1 aromatic carbocycles. The number of rotatable bonds is 2. The van der Waals surface area contributed by atoms with E-state index >= 15 is 0 Å². The summed E-state index contributed by atoms with van der Waals surface area (Å²) < 4.78 is 0. The Morgan fingerprint density at radius 2 is 1.69 bits per heavy atom. The van der Waals surface area contributed by atoms with Crippen molar-refractivity contribution in [2.45, 2.75) is 27.2 Å². The number of benzene rings is 1. The zero-order valence-electron chi connectivity index (χ0n) is 8.59. The normalized spacial score (nSPS) is 11.3. The van der Waals surface area contributed by atoms with Crippen molar-refractivity contribution in [3.05, 3.63) is 35.9 Å². The van der Waals surface area contributed by atoms with Gasteiger partial charge in [-0.1, -0.05) is 51.1 Å². The molecule has 0 bridgehead atoms. The average Bonchev–Trinajstić information content (AvgIpc) is 2.03. The third-order valence-corrected chi connectivity index (χ3v) is 2.29. The Balaban J connectivity index is 2.71. The maximum Gasteiger partial charge on any atom is -0.0184 e.